The van der Waals surface area contributed by atoms with E-state index in [0.29, 0.717) is 6.61 Å². The van der Waals surface area contributed by atoms with Crippen LogP contribution in [0.2, 0.25) is 5.02 Å². The van der Waals surface area contributed by atoms with E-state index in [1.165, 1.54) is 12.2 Å². The number of allylic oxidation sites excluding steroid dienone is 2. The van der Waals surface area contributed by atoms with Crippen molar-refractivity contribution in [2.24, 2.45) is 0 Å². The van der Waals surface area contributed by atoms with Gasteiger partial charge in [-0.05, 0) is 53.1 Å². The molecule has 24 heavy (non-hydrogen) atoms. The Morgan fingerprint density at radius 3 is 2.46 bits per heavy atom. The molecule has 0 aromatic heterocycles. The van der Waals surface area contributed by atoms with Gasteiger partial charge in [0, 0.05) is 5.02 Å². The zero-order valence-corrected chi connectivity index (χ0v) is 13.6. The van der Waals surface area contributed by atoms with E-state index < -0.39 is 5.79 Å². The molecule has 1 spiro atoms. The van der Waals surface area contributed by atoms with Crippen LogP contribution in [0.1, 0.15) is 11.7 Å². The number of carbonyl (C=O) groups excluding carboxylic acids is 1. The van der Waals surface area contributed by atoms with Crippen LogP contribution in [0.4, 0.5) is 0 Å². The van der Waals surface area contributed by atoms with E-state index in [0.717, 1.165) is 21.7 Å². The molecule has 1 saturated heterocycles. The first-order valence-corrected chi connectivity index (χ1v) is 8.11. The van der Waals surface area contributed by atoms with Crippen LogP contribution in [0.5, 0.6) is 0 Å². The zero-order chi connectivity index (χ0) is 16.6. The number of hydrogen-bond acceptors (Lipinski definition) is 3. The van der Waals surface area contributed by atoms with Crippen molar-refractivity contribution < 1.29 is 14.3 Å². The summed E-state index contributed by atoms with van der Waals surface area (Å²) in [6, 6.07) is 15.9. The van der Waals surface area contributed by atoms with Crippen LogP contribution < -0.4 is 0 Å². The van der Waals surface area contributed by atoms with Gasteiger partial charge in [-0.25, -0.2) is 0 Å². The van der Waals surface area contributed by atoms with Gasteiger partial charge in [0.05, 0.1) is 6.61 Å². The van der Waals surface area contributed by atoms with Crippen molar-refractivity contribution in [3.63, 3.8) is 0 Å². The summed E-state index contributed by atoms with van der Waals surface area (Å²) in [4.78, 5) is 11.3. The van der Waals surface area contributed by atoms with Gasteiger partial charge in [-0.15, -0.1) is 0 Å². The third-order valence-electron chi connectivity index (χ3n) is 4.19. The van der Waals surface area contributed by atoms with Crippen LogP contribution in [0.25, 0.3) is 11.1 Å². The highest BCUT2D eigenvalue weighted by molar-refractivity contribution is 6.30. The third kappa shape index (κ3) is 2.94. The van der Waals surface area contributed by atoms with E-state index in [9.17, 15) is 4.79 Å². The fourth-order valence-corrected chi connectivity index (χ4v) is 3.09. The number of benzene rings is 2. The van der Waals surface area contributed by atoms with E-state index in [1.54, 1.807) is 12.2 Å². The van der Waals surface area contributed by atoms with Gasteiger partial charge >= 0.3 is 0 Å². The second kappa shape index (κ2) is 6.02. The van der Waals surface area contributed by atoms with Crippen molar-refractivity contribution in [3.8, 4) is 11.1 Å². The quantitative estimate of drug-likeness (QED) is 0.809. The number of rotatable bonds is 2. The second-order valence-electron chi connectivity index (χ2n) is 5.84. The third-order valence-corrected chi connectivity index (χ3v) is 4.42. The van der Waals surface area contributed by atoms with Gasteiger partial charge in [-0.3, -0.25) is 4.79 Å². The Morgan fingerprint density at radius 1 is 1.00 bits per heavy atom. The molecular weight excluding hydrogens is 324 g/mol. The van der Waals surface area contributed by atoms with E-state index in [1.807, 2.05) is 48.5 Å². The number of hydrogen-bond donors (Lipinski definition) is 0. The van der Waals surface area contributed by atoms with Crippen molar-refractivity contribution in [1.82, 2.24) is 0 Å². The summed E-state index contributed by atoms with van der Waals surface area (Å²) in [7, 11) is 0. The van der Waals surface area contributed by atoms with Gasteiger partial charge in [0.25, 0.3) is 0 Å². The topological polar surface area (TPSA) is 35.5 Å². The lowest BCUT2D eigenvalue weighted by Gasteiger charge is -2.22. The predicted octanol–water partition coefficient (Wildman–Crippen LogP) is 4.49. The van der Waals surface area contributed by atoms with Crippen molar-refractivity contribution in [2.75, 3.05) is 6.61 Å². The van der Waals surface area contributed by atoms with Crippen molar-refractivity contribution in [1.29, 1.82) is 0 Å². The molecule has 4 rings (SSSR count). The van der Waals surface area contributed by atoms with Gasteiger partial charge < -0.3 is 9.47 Å². The summed E-state index contributed by atoms with van der Waals surface area (Å²) < 4.78 is 11.8. The minimum atomic E-state index is -0.912. The zero-order valence-electron chi connectivity index (χ0n) is 12.8. The molecule has 1 fully saturated rings. The Kier molecular flexibility index (Phi) is 3.85. The Hall–Kier alpha value is -2.20. The molecule has 1 heterocycles. The fourth-order valence-electron chi connectivity index (χ4n) is 2.90. The monoisotopic (exact) mass is 338 g/mol. The summed E-state index contributed by atoms with van der Waals surface area (Å²) in [5.41, 5.74) is 3.21. The number of halogens is 1. The van der Waals surface area contributed by atoms with E-state index in [4.69, 9.17) is 21.1 Å². The summed E-state index contributed by atoms with van der Waals surface area (Å²) in [5, 5.41) is 0.719. The second-order valence-corrected chi connectivity index (χ2v) is 6.28. The normalized spacial score (nSPS) is 21.5. The minimum Gasteiger partial charge on any atom is -0.340 e. The number of ketones is 1. The SMILES string of the molecule is O=C1C=CC2(C=C1)OCC(c1ccc(-c3cccc(Cl)c3)cc1)O2. The van der Waals surface area contributed by atoms with Crippen LogP contribution in [-0.4, -0.2) is 18.2 Å². The molecule has 2 aliphatic rings. The summed E-state index contributed by atoms with van der Waals surface area (Å²) in [6.45, 7) is 0.444. The molecule has 1 unspecified atom stereocenters. The Bertz CT molecular complexity index is 820. The molecule has 0 N–H and O–H groups in total. The van der Waals surface area contributed by atoms with Crippen molar-refractivity contribution in [2.45, 2.75) is 11.9 Å². The van der Waals surface area contributed by atoms with Crippen LogP contribution in [0.3, 0.4) is 0 Å². The highest BCUT2D eigenvalue weighted by atomic mass is 35.5. The highest BCUT2D eigenvalue weighted by Gasteiger charge is 2.39. The minimum absolute atomic E-state index is 0.0536. The van der Waals surface area contributed by atoms with Crippen LogP contribution in [-0.2, 0) is 14.3 Å². The van der Waals surface area contributed by atoms with E-state index >= 15 is 0 Å². The number of carbonyl (C=O) groups is 1. The summed E-state index contributed by atoms with van der Waals surface area (Å²) >= 11 is 6.05. The maximum Gasteiger partial charge on any atom is 0.209 e. The summed E-state index contributed by atoms with van der Waals surface area (Å²) in [5.74, 6) is -0.966. The molecule has 1 atom stereocenters. The molecule has 120 valence electrons. The lowest BCUT2D eigenvalue weighted by atomic mass is 10.0. The maximum atomic E-state index is 11.3. The van der Waals surface area contributed by atoms with E-state index in [2.05, 4.69) is 0 Å². The van der Waals surface area contributed by atoms with Gasteiger partial charge in [0.1, 0.15) is 6.10 Å². The largest absolute Gasteiger partial charge is 0.340 e. The average Bonchev–Trinajstić information content (AvgIpc) is 3.02. The lowest BCUT2D eigenvalue weighted by Crippen LogP contribution is -2.27. The molecule has 0 saturated carbocycles. The molecule has 1 aliphatic heterocycles. The molecule has 3 nitrogen and oxygen atoms in total. The van der Waals surface area contributed by atoms with Crippen LogP contribution in [0.15, 0.2) is 72.8 Å². The van der Waals surface area contributed by atoms with Gasteiger partial charge in [0.2, 0.25) is 5.79 Å². The molecule has 0 bridgehead atoms. The first-order valence-electron chi connectivity index (χ1n) is 7.74. The lowest BCUT2D eigenvalue weighted by molar-refractivity contribution is -0.113. The van der Waals surface area contributed by atoms with Gasteiger partial charge in [0.15, 0.2) is 5.78 Å². The molecule has 4 heteroatoms. The fraction of sp³-hybridized carbons (Fsp3) is 0.150. The Labute approximate surface area is 145 Å². The molecule has 0 radical (unpaired) electrons. The molecule has 2 aromatic rings. The van der Waals surface area contributed by atoms with Crippen LogP contribution >= 0.6 is 11.6 Å². The first kappa shape index (κ1) is 15.3. The van der Waals surface area contributed by atoms with Crippen molar-refractivity contribution >= 4 is 17.4 Å². The molecule has 2 aromatic carbocycles. The smallest absolute Gasteiger partial charge is 0.209 e. The van der Waals surface area contributed by atoms with Gasteiger partial charge in [-0.1, -0.05) is 48.0 Å². The summed E-state index contributed by atoms with van der Waals surface area (Å²) in [6.07, 6.45) is 6.11. The van der Waals surface area contributed by atoms with Crippen molar-refractivity contribution in [3.05, 3.63) is 83.4 Å². The Morgan fingerprint density at radius 2 is 1.75 bits per heavy atom. The first-order chi connectivity index (χ1) is 11.6. The van der Waals surface area contributed by atoms with E-state index in [-0.39, 0.29) is 11.9 Å². The van der Waals surface area contributed by atoms with Crippen LogP contribution in [0, 0.1) is 0 Å². The average molecular weight is 339 g/mol. The number of ether oxygens (including phenoxy) is 2. The predicted molar refractivity (Wildman–Crippen MR) is 92.7 cm³/mol. The Balaban J connectivity index is 1.53. The maximum absolute atomic E-state index is 11.3. The highest BCUT2D eigenvalue weighted by Crippen LogP contribution is 2.37. The molecule has 1 aliphatic carbocycles. The standard InChI is InChI=1S/C20H15ClO3/c21-17-3-1-2-16(12-17)14-4-6-15(7-5-14)19-13-23-20(24-19)10-8-18(22)9-11-20/h1-12,19H,13H2. The molecular formula is C20H15ClO3. The van der Waals surface area contributed by atoms with Gasteiger partial charge in [-0.2, -0.15) is 0 Å². The molecule has 0 amide bonds.